The molecule has 21 heavy (non-hydrogen) atoms. The van der Waals surface area contributed by atoms with E-state index >= 15 is 0 Å². The van der Waals surface area contributed by atoms with Crippen molar-refractivity contribution in [2.75, 3.05) is 19.6 Å². The summed E-state index contributed by atoms with van der Waals surface area (Å²) in [5, 5.41) is 1.24. The van der Waals surface area contributed by atoms with E-state index < -0.39 is 0 Å². The van der Waals surface area contributed by atoms with Gasteiger partial charge in [0.05, 0.1) is 4.88 Å². The lowest BCUT2D eigenvalue weighted by molar-refractivity contribution is 0.0864. The van der Waals surface area contributed by atoms with Crippen molar-refractivity contribution >= 4 is 39.7 Å². The first-order valence-electron chi connectivity index (χ1n) is 7.27. The molecule has 5 rings (SSSR count). The number of nitrogens with two attached hydrogens (primary N) is 1. The largest absolute Gasteiger partial charge is 0.365 e. The number of hydrogen-bond donors (Lipinski definition) is 1. The molecule has 1 unspecified atom stereocenters. The molecule has 1 amide bonds. The van der Waals surface area contributed by atoms with Crippen LogP contribution in [0.15, 0.2) is 24.3 Å². The van der Waals surface area contributed by atoms with Gasteiger partial charge in [-0.25, -0.2) is 0 Å². The van der Waals surface area contributed by atoms with Gasteiger partial charge >= 0.3 is 0 Å². The van der Waals surface area contributed by atoms with E-state index in [9.17, 15) is 4.79 Å². The number of carbonyl (C=O) groups is 1. The number of benzene rings is 1. The van der Waals surface area contributed by atoms with Gasteiger partial charge < -0.3 is 10.6 Å². The van der Waals surface area contributed by atoms with Crippen LogP contribution in [0.1, 0.15) is 34.0 Å². The zero-order chi connectivity index (χ0) is 13.7. The lowest BCUT2D eigenvalue weighted by Gasteiger charge is -2.45. The van der Waals surface area contributed by atoms with Crippen LogP contribution in [0.3, 0.4) is 0 Å². The van der Waals surface area contributed by atoms with Crippen LogP contribution in [0, 0.1) is 5.92 Å². The summed E-state index contributed by atoms with van der Waals surface area (Å²) in [4.78, 5) is 15.2. The van der Waals surface area contributed by atoms with Crippen molar-refractivity contribution in [3.8, 4) is 0 Å². The highest BCUT2D eigenvalue weighted by molar-refractivity contribution is 7.21. The van der Waals surface area contributed by atoms with Crippen molar-refractivity contribution in [2.24, 2.45) is 11.7 Å². The van der Waals surface area contributed by atoms with E-state index in [1.165, 1.54) is 41.6 Å². The van der Waals surface area contributed by atoms with E-state index in [1.54, 1.807) is 11.3 Å². The minimum absolute atomic E-state index is 0. The number of fused-ring (bicyclic) bond motifs is 4. The Bertz CT molecular complexity index is 676. The van der Waals surface area contributed by atoms with E-state index in [0.29, 0.717) is 5.92 Å². The predicted molar refractivity (Wildman–Crippen MR) is 89.5 cm³/mol. The van der Waals surface area contributed by atoms with Gasteiger partial charge in [-0.3, -0.25) is 4.79 Å². The normalized spacial score (nSPS) is 27.5. The molecule has 5 heteroatoms. The van der Waals surface area contributed by atoms with Crippen LogP contribution in [-0.2, 0) is 0 Å². The Kier molecular flexibility index (Phi) is 3.95. The number of thiophene rings is 1. The second-order valence-electron chi connectivity index (χ2n) is 5.95. The second kappa shape index (κ2) is 5.59. The monoisotopic (exact) mass is 322 g/mol. The summed E-state index contributed by atoms with van der Waals surface area (Å²) >= 11 is 1.56. The Labute approximate surface area is 134 Å². The molecule has 0 aliphatic carbocycles. The van der Waals surface area contributed by atoms with Crippen molar-refractivity contribution < 1.29 is 4.79 Å². The maximum absolute atomic E-state index is 11.9. The van der Waals surface area contributed by atoms with E-state index in [2.05, 4.69) is 23.1 Å². The summed E-state index contributed by atoms with van der Waals surface area (Å²) in [6.45, 7) is 3.52. The molecule has 1 aromatic carbocycles. The van der Waals surface area contributed by atoms with Gasteiger partial charge in [0.2, 0.25) is 0 Å². The Morgan fingerprint density at radius 2 is 1.95 bits per heavy atom. The Morgan fingerprint density at radius 1 is 1.24 bits per heavy atom. The molecule has 2 N–H and O–H groups in total. The van der Waals surface area contributed by atoms with Crippen molar-refractivity contribution in [1.82, 2.24) is 4.90 Å². The van der Waals surface area contributed by atoms with Crippen LogP contribution in [0.5, 0.6) is 0 Å². The van der Waals surface area contributed by atoms with Crippen molar-refractivity contribution in [1.29, 1.82) is 0 Å². The Balaban J connectivity index is 0.00000132. The maximum Gasteiger partial charge on any atom is 0.259 e. The number of nitrogens with zero attached hydrogens (tertiary/aromatic N) is 1. The van der Waals surface area contributed by atoms with Crippen molar-refractivity contribution in [3.05, 3.63) is 34.7 Å². The zero-order valence-electron chi connectivity index (χ0n) is 11.7. The summed E-state index contributed by atoms with van der Waals surface area (Å²) in [5.41, 5.74) is 6.87. The van der Waals surface area contributed by atoms with Gasteiger partial charge in [0.15, 0.2) is 0 Å². The highest BCUT2D eigenvalue weighted by atomic mass is 35.5. The molecule has 1 atom stereocenters. The average molecular weight is 323 g/mol. The quantitative estimate of drug-likeness (QED) is 0.922. The number of halogens is 1. The maximum atomic E-state index is 11.9. The first-order chi connectivity index (χ1) is 9.74. The molecular weight excluding hydrogens is 304 g/mol. The molecule has 0 radical (unpaired) electrons. The minimum atomic E-state index is -0.266. The van der Waals surface area contributed by atoms with Crippen LogP contribution in [0.2, 0.25) is 0 Å². The lowest BCUT2D eigenvalue weighted by Crippen LogP contribution is -2.46. The molecule has 3 nitrogen and oxygen atoms in total. The number of hydrogen-bond acceptors (Lipinski definition) is 3. The van der Waals surface area contributed by atoms with E-state index in [4.69, 9.17) is 5.73 Å². The first-order valence-corrected chi connectivity index (χ1v) is 8.09. The predicted octanol–water partition coefficient (Wildman–Crippen LogP) is 3.23. The van der Waals surface area contributed by atoms with Crippen LogP contribution in [0.4, 0.5) is 0 Å². The van der Waals surface area contributed by atoms with Gasteiger partial charge in [0, 0.05) is 17.2 Å². The fraction of sp³-hybridized carbons (Fsp3) is 0.438. The minimum Gasteiger partial charge on any atom is -0.365 e. The Hall–Kier alpha value is -1.10. The second-order valence-corrected chi connectivity index (χ2v) is 7.00. The number of primary amides is 1. The molecule has 0 spiro atoms. The van der Waals surface area contributed by atoms with E-state index in [0.717, 1.165) is 17.3 Å². The van der Waals surface area contributed by atoms with E-state index in [-0.39, 0.29) is 18.3 Å². The fourth-order valence-corrected chi connectivity index (χ4v) is 5.04. The number of rotatable bonds is 2. The summed E-state index contributed by atoms with van der Waals surface area (Å²) in [6.07, 6.45) is 2.51. The summed E-state index contributed by atoms with van der Waals surface area (Å²) in [6, 6.07) is 8.33. The van der Waals surface area contributed by atoms with E-state index in [1.807, 2.05) is 6.07 Å². The number of amides is 1. The van der Waals surface area contributed by atoms with Gasteiger partial charge in [-0.15, -0.1) is 23.7 Å². The van der Waals surface area contributed by atoms with Crippen molar-refractivity contribution in [2.45, 2.75) is 18.8 Å². The molecule has 3 aliphatic rings. The Morgan fingerprint density at radius 3 is 2.57 bits per heavy atom. The molecule has 3 saturated heterocycles. The van der Waals surface area contributed by atoms with Crippen LogP contribution in [0.25, 0.3) is 10.1 Å². The summed E-state index contributed by atoms with van der Waals surface area (Å²) < 4.78 is 1.19. The number of piperidine rings is 3. The van der Waals surface area contributed by atoms with Gasteiger partial charge in [0.1, 0.15) is 0 Å². The topological polar surface area (TPSA) is 46.3 Å². The standard InChI is InChI=1S/C16H18N2OS.ClH/c17-16(19)15-14(11-3-1-2-4-13(11)20-15)12-9-18-7-5-10(12)6-8-18;/h1-4,10,12H,5-9H2,(H2,17,19);1H. The van der Waals surface area contributed by atoms with Gasteiger partial charge in [-0.05, 0) is 48.9 Å². The fourth-order valence-electron chi connectivity index (χ4n) is 3.91. The first kappa shape index (κ1) is 14.8. The summed E-state index contributed by atoms with van der Waals surface area (Å²) in [7, 11) is 0. The molecular formula is C16H19ClN2OS. The zero-order valence-corrected chi connectivity index (χ0v) is 13.4. The highest BCUT2D eigenvalue weighted by Gasteiger charge is 2.38. The third-order valence-electron chi connectivity index (χ3n) is 4.88. The lowest BCUT2D eigenvalue weighted by atomic mass is 9.74. The molecule has 1 aromatic heterocycles. The van der Waals surface area contributed by atoms with Gasteiger partial charge in [0.25, 0.3) is 5.91 Å². The third kappa shape index (κ3) is 2.35. The van der Waals surface area contributed by atoms with Crippen LogP contribution >= 0.6 is 23.7 Å². The molecule has 3 fully saturated rings. The molecule has 2 bridgehead atoms. The van der Waals surface area contributed by atoms with Crippen LogP contribution < -0.4 is 5.73 Å². The third-order valence-corrected chi connectivity index (χ3v) is 6.09. The highest BCUT2D eigenvalue weighted by Crippen LogP contribution is 2.45. The smallest absolute Gasteiger partial charge is 0.259 e. The molecule has 2 aromatic rings. The molecule has 3 aliphatic heterocycles. The summed E-state index contributed by atoms with van der Waals surface area (Å²) in [5.74, 6) is 0.935. The molecule has 4 heterocycles. The van der Waals surface area contributed by atoms with Gasteiger partial charge in [-0.1, -0.05) is 18.2 Å². The van der Waals surface area contributed by atoms with Crippen LogP contribution in [-0.4, -0.2) is 30.4 Å². The molecule has 0 saturated carbocycles. The SMILES string of the molecule is Cl.NC(=O)c1sc2ccccc2c1C1CN2CCC1CC2. The van der Waals surface area contributed by atoms with Gasteiger partial charge in [-0.2, -0.15) is 0 Å². The number of carbonyl (C=O) groups excluding carboxylic acids is 1. The van der Waals surface area contributed by atoms with Crippen molar-refractivity contribution in [3.63, 3.8) is 0 Å². The average Bonchev–Trinajstić information content (AvgIpc) is 2.88. The molecule has 112 valence electrons.